The molecule has 1 aromatic rings. The van der Waals surface area contributed by atoms with E-state index in [4.69, 9.17) is 4.74 Å². The summed E-state index contributed by atoms with van der Waals surface area (Å²) in [7, 11) is 3.86. The standard InChI is InChI=1S/C15H25N3O/c1-12(14-5-6-14)18(2)15-7-4-13(11-17-15)10-16-8-9-19-3/h4,7,11-12,14,16H,5-6,8-10H2,1-3H3. The zero-order valence-corrected chi connectivity index (χ0v) is 12.2. The fraction of sp³-hybridized carbons (Fsp3) is 0.667. The predicted molar refractivity (Wildman–Crippen MR) is 78.4 cm³/mol. The number of pyridine rings is 1. The van der Waals surface area contributed by atoms with Crippen LogP contribution in [0.15, 0.2) is 18.3 Å². The lowest BCUT2D eigenvalue weighted by Gasteiger charge is -2.26. The molecule has 0 saturated heterocycles. The van der Waals surface area contributed by atoms with E-state index in [1.807, 2.05) is 6.20 Å². The van der Waals surface area contributed by atoms with Gasteiger partial charge in [0.2, 0.25) is 0 Å². The molecule has 0 bridgehead atoms. The van der Waals surface area contributed by atoms with Crippen LogP contribution in [0.25, 0.3) is 0 Å². The molecule has 1 atom stereocenters. The number of ether oxygens (including phenoxy) is 1. The van der Waals surface area contributed by atoms with Gasteiger partial charge in [0.25, 0.3) is 0 Å². The summed E-state index contributed by atoms with van der Waals surface area (Å²) in [5, 5.41) is 3.32. The molecule has 4 nitrogen and oxygen atoms in total. The van der Waals surface area contributed by atoms with E-state index in [1.165, 1.54) is 18.4 Å². The third-order valence-corrected chi connectivity index (χ3v) is 3.90. The van der Waals surface area contributed by atoms with E-state index in [0.717, 1.165) is 31.4 Å². The Morgan fingerprint density at radius 2 is 2.26 bits per heavy atom. The predicted octanol–water partition coefficient (Wildman–Crippen LogP) is 2.05. The van der Waals surface area contributed by atoms with Crippen molar-refractivity contribution in [3.8, 4) is 0 Å². The Morgan fingerprint density at radius 1 is 1.47 bits per heavy atom. The van der Waals surface area contributed by atoms with Gasteiger partial charge in [-0.2, -0.15) is 0 Å². The third-order valence-electron chi connectivity index (χ3n) is 3.90. The molecule has 1 aromatic heterocycles. The Balaban J connectivity index is 1.83. The van der Waals surface area contributed by atoms with E-state index < -0.39 is 0 Å². The zero-order chi connectivity index (χ0) is 13.7. The molecule has 1 heterocycles. The van der Waals surface area contributed by atoms with Gasteiger partial charge in [-0.05, 0) is 37.3 Å². The van der Waals surface area contributed by atoms with Gasteiger partial charge in [-0.1, -0.05) is 6.07 Å². The molecular formula is C15H25N3O. The Kier molecular flexibility index (Phi) is 5.16. The highest BCUT2D eigenvalue weighted by Crippen LogP contribution is 2.35. The van der Waals surface area contributed by atoms with Crippen LogP contribution in [0, 0.1) is 5.92 Å². The fourth-order valence-corrected chi connectivity index (χ4v) is 2.24. The van der Waals surface area contributed by atoms with Crippen molar-refractivity contribution >= 4 is 5.82 Å². The fourth-order valence-electron chi connectivity index (χ4n) is 2.24. The van der Waals surface area contributed by atoms with Crippen molar-refractivity contribution in [3.63, 3.8) is 0 Å². The molecule has 0 aliphatic heterocycles. The van der Waals surface area contributed by atoms with Crippen LogP contribution in [0.1, 0.15) is 25.3 Å². The van der Waals surface area contributed by atoms with E-state index in [0.29, 0.717) is 6.04 Å². The molecule has 0 amide bonds. The molecule has 0 radical (unpaired) electrons. The molecule has 1 aliphatic rings. The first-order chi connectivity index (χ1) is 9.22. The van der Waals surface area contributed by atoms with Gasteiger partial charge < -0.3 is 15.0 Å². The Hall–Kier alpha value is -1.13. The zero-order valence-electron chi connectivity index (χ0n) is 12.2. The van der Waals surface area contributed by atoms with E-state index in [2.05, 4.69) is 41.3 Å². The second-order valence-electron chi connectivity index (χ2n) is 5.38. The number of nitrogens with zero attached hydrogens (tertiary/aromatic N) is 2. The minimum atomic E-state index is 0.596. The second kappa shape index (κ2) is 6.87. The first-order valence-electron chi connectivity index (χ1n) is 7.09. The number of aromatic nitrogens is 1. The Labute approximate surface area is 116 Å². The summed E-state index contributed by atoms with van der Waals surface area (Å²) in [6.07, 6.45) is 4.70. The maximum atomic E-state index is 5.00. The van der Waals surface area contributed by atoms with E-state index in [9.17, 15) is 0 Å². The number of methoxy groups -OCH3 is 1. The molecule has 19 heavy (non-hydrogen) atoms. The monoisotopic (exact) mass is 263 g/mol. The van der Waals surface area contributed by atoms with Crippen molar-refractivity contribution in [2.45, 2.75) is 32.4 Å². The summed E-state index contributed by atoms with van der Waals surface area (Å²) in [6, 6.07) is 4.86. The number of nitrogens with one attached hydrogen (secondary N) is 1. The van der Waals surface area contributed by atoms with Crippen molar-refractivity contribution < 1.29 is 4.74 Å². The molecule has 1 aliphatic carbocycles. The molecule has 0 aromatic carbocycles. The summed E-state index contributed by atoms with van der Waals surface area (Å²) in [4.78, 5) is 6.85. The summed E-state index contributed by atoms with van der Waals surface area (Å²) >= 11 is 0. The van der Waals surface area contributed by atoms with Crippen LogP contribution in [-0.2, 0) is 11.3 Å². The van der Waals surface area contributed by atoms with Crippen LogP contribution in [0.3, 0.4) is 0 Å². The second-order valence-corrected chi connectivity index (χ2v) is 5.38. The van der Waals surface area contributed by atoms with E-state index >= 15 is 0 Å². The van der Waals surface area contributed by atoms with Gasteiger partial charge in [0, 0.05) is 39.5 Å². The molecule has 0 spiro atoms. The number of anilines is 1. The van der Waals surface area contributed by atoms with Crippen LogP contribution < -0.4 is 10.2 Å². The largest absolute Gasteiger partial charge is 0.383 e. The van der Waals surface area contributed by atoms with Crippen LogP contribution >= 0.6 is 0 Å². The van der Waals surface area contributed by atoms with Crippen LogP contribution in [-0.4, -0.2) is 38.3 Å². The first kappa shape index (κ1) is 14.3. The van der Waals surface area contributed by atoms with Crippen molar-refractivity contribution in [3.05, 3.63) is 23.9 Å². The lowest BCUT2D eigenvalue weighted by atomic mass is 10.2. The highest BCUT2D eigenvalue weighted by molar-refractivity contribution is 5.39. The van der Waals surface area contributed by atoms with Gasteiger partial charge >= 0.3 is 0 Å². The van der Waals surface area contributed by atoms with Crippen molar-refractivity contribution in [1.29, 1.82) is 0 Å². The highest BCUT2D eigenvalue weighted by Gasteiger charge is 2.30. The van der Waals surface area contributed by atoms with Gasteiger partial charge in [-0.15, -0.1) is 0 Å². The minimum absolute atomic E-state index is 0.596. The Bertz CT molecular complexity index is 375. The lowest BCUT2D eigenvalue weighted by molar-refractivity contribution is 0.199. The quantitative estimate of drug-likeness (QED) is 0.728. The molecule has 106 valence electrons. The molecule has 2 rings (SSSR count). The van der Waals surface area contributed by atoms with Gasteiger partial charge in [-0.3, -0.25) is 0 Å². The minimum Gasteiger partial charge on any atom is -0.383 e. The smallest absolute Gasteiger partial charge is 0.128 e. The maximum absolute atomic E-state index is 5.00. The highest BCUT2D eigenvalue weighted by atomic mass is 16.5. The molecule has 4 heteroatoms. The molecular weight excluding hydrogens is 238 g/mol. The number of hydrogen-bond donors (Lipinski definition) is 1. The van der Waals surface area contributed by atoms with E-state index in [-0.39, 0.29) is 0 Å². The summed E-state index contributed by atoms with van der Waals surface area (Å²) in [6.45, 7) is 4.75. The molecule has 1 saturated carbocycles. The maximum Gasteiger partial charge on any atom is 0.128 e. The molecule has 1 fully saturated rings. The normalized spacial score (nSPS) is 16.4. The number of rotatable bonds is 8. The van der Waals surface area contributed by atoms with Crippen molar-refractivity contribution in [1.82, 2.24) is 10.3 Å². The van der Waals surface area contributed by atoms with Crippen LogP contribution in [0.2, 0.25) is 0 Å². The average molecular weight is 263 g/mol. The van der Waals surface area contributed by atoms with Crippen LogP contribution in [0.5, 0.6) is 0 Å². The first-order valence-corrected chi connectivity index (χ1v) is 7.09. The van der Waals surface area contributed by atoms with Gasteiger partial charge in [0.1, 0.15) is 5.82 Å². The van der Waals surface area contributed by atoms with Gasteiger partial charge in [0.15, 0.2) is 0 Å². The third kappa shape index (κ3) is 4.18. The van der Waals surface area contributed by atoms with E-state index in [1.54, 1.807) is 7.11 Å². The van der Waals surface area contributed by atoms with Crippen LogP contribution in [0.4, 0.5) is 5.82 Å². The topological polar surface area (TPSA) is 37.4 Å². The van der Waals surface area contributed by atoms with Gasteiger partial charge in [-0.25, -0.2) is 4.98 Å². The number of hydrogen-bond acceptors (Lipinski definition) is 4. The summed E-state index contributed by atoms with van der Waals surface area (Å²) < 4.78 is 5.00. The summed E-state index contributed by atoms with van der Waals surface area (Å²) in [5.74, 6) is 1.93. The van der Waals surface area contributed by atoms with Gasteiger partial charge in [0.05, 0.1) is 6.61 Å². The molecule has 1 unspecified atom stereocenters. The lowest BCUT2D eigenvalue weighted by Crippen LogP contribution is -2.31. The molecule has 1 N–H and O–H groups in total. The average Bonchev–Trinajstić information content (AvgIpc) is 3.27. The van der Waals surface area contributed by atoms with Crippen molar-refractivity contribution in [2.75, 3.05) is 32.2 Å². The van der Waals surface area contributed by atoms with Crippen molar-refractivity contribution in [2.24, 2.45) is 5.92 Å². The Morgan fingerprint density at radius 3 is 2.84 bits per heavy atom. The SMILES string of the molecule is COCCNCc1ccc(N(C)C(C)C2CC2)nc1. The summed E-state index contributed by atoms with van der Waals surface area (Å²) in [5.41, 5.74) is 1.22.